The molecule has 0 saturated carbocycles. The number of allylic oxidation sites excluding steroid dienone is 2. The van der Waals surface area contributed by atoms with Gasteiger partial charge in [0.05, 0.1) is 7.11 Å². The maximum absolute atomic E-state index is 13.6. The summed E-state index contributed by atoms with van der Waals surface area (Å²) >= 11 is 0. The number of methoxy groups -OCH3 is 1. The molecule has 2 aromatic rings. The highest BCUT2D eigenvalue weighted by Crippen LogP contribution is 2.30. The summed E-state index contributed by atoms with van der Waals surface area (Å²) in [4.78, 5) is 20.6. The number of anilines is 1. The molecule has 0 atom stereocenters. The molecule has 1 amide bonds. The summed E-state index contributed by atoms with van der Waals surface area (Å²) in [5, 5.41) is 3.19. The molecule has 2 aliphatic rings. The molecule has 0 unspecified atom stereocenters. The normalized spacial score (nSPS) is 17.6. The standard InChI is InChI=1S/C29H39N3O3/c1-4-32(23-15-17-35-18-16-23)27-14-10-13-25-24(27)12-9-7-5-6-8-11-22-19-21(2)31-29(34-3)26(22)20-30-28(25)33/h7,9-10,13-14,19,23H,4-6,8,11-12,15-18,20H2,1-3H3,(H,30,33). The van der Waals surface area contributed by atoms with Crippen molar-refractivity contribution in [2.75, 3.05) is 31.8 Å². The lowest BCUT2D eigenvalue weighted by Gasteiger charge is -2.37. The number of hydrogen-bond acceptors (Lipinski definition) is 5. The fraction of sp³-hybridized carbons (Fsp3) is 0.517. The van der Waals surface area contributed by atoms with Crippen molar-refractivity contribution in [1.29, 1.82) is 0 Å². The Morgan fingerprint density at radius 3 is 2.77 bits per heavy atom. The number of carbonyl (C=O) groups excluding carboxylic acids is 1. The molecule has 3 heterocycles. The monoisotopic (exact) mass is 477 g/mol. The quantitative estimate of drug-likeness (QED) is 0.617. The molecule has 1 aromatic heterocycles. The van der Waals surface area contributed by atoms with Crippen LogP contribution in [0, 0.1) is 6.92 Å². The lowest BCUT2D eigenvalue weighted by Crippen LogP contribution is -2.40. The van der Waals surface area contributed by atoms with Crippen LogP contribution >= 0.6 is 0 Å². The van der Waals surface area contributed by atoms with Gasteiger partial charge in [0.1, 0.15) is 0 Å². The molecule has 4 rings (SSSR count). The molecule has 1 saturated heterocycles. The Kier molecular flexibility index (Phi) is 8.80. The van der Waals surface area contributed by atoms with Crippen LogP contribution in [-0.4, -0.2) is 43.8 Å². The number of rotatable bonds is 4. The van der Waals surface area contributed by atoms with Gasteiger partial charge in [0.25, 0.3) is 5.91 Å². The van der Waals surface area contributed by atoms with Crippen molar-refractivity contribution in [3.63, 3.8) is 0 Å². The summed E-state index contributed by atoms with van der Waals surface area (Å²) in [6.45, 7) is 7.09. The van der Waals surface area contributed by atoms with Crippen LogP contribution in [0.5, 0.6) is 5.88 Å². The Balaban J connectivity index is 1.70. The van der Waals surface area contributed by atoms with E-state index < -0.39 is 0 Å². The Morgan fingerprint density at radius 2 is 2.00 bits per heavy atom. The predicted octanol–water partition coefficient (Wildman–Crippen LogP) is 5.16. The van der Waals surface area contributed by atoms with Crippen molar-refractivity contribution >= 4 is 11.6 Å². The highest BCUT2D eigenvalue weighted by atomic mass is 16.5. The van der Waals surface area contributed by atoms with Gasteiger partial charge >= 0.3 is 0 Å². The Labute approximate surface area is 209 Å². The van der Waals surface area contributed by atoms with Gasteiger partial charge in [-0.25, -0.2) is 4.98 Å². The third-order valence-corrected chi connectivity index (χ3v) is 7.16. The SMILES string of the molecule is CCN(c1cccc2c1CC=CCCCCc1cc(C)nc(OC)c1CNC2=O)C1CCOCC1. The molecule has 0 spiro atoms. The lowest BCUT2D eigenvalue weighted by molar-refractivity contribution is 0.0845. The maximum atomic E-state index is 13.6. The van der Waals surface area contributed by atoms with Crippen LogP contribution in [0.1, 0.15) is 71.8 Å². The van der Waals surface area contributed by atoms with Crippen molar-refractivity contribution in [2.24, 2.45) is 0 Å². The zero-order valence-corrected chi connectivity index (χ0v) is 21.4. The number of nitrogens with one attached hydrogen (secondary N) is 1. The molecule has 1 aromatic carbocycles. The van der Waals surface area contributed by atoms with Crippen molar-refractivity contribution in [3.8, 4) is 5.88 Å². The van der Waals surface area contributed by atoms with E-state index in [1.165, 1.54) is 11.3 Å². The van der Waals surface area contributed by atoms with Crippen molar-refractivity contribution < 1.29 is 14.3 Å². The van der Waals surface area contributed by atoms with E-state index in [9.17, 15) is 4.79 Å². The van der Waals surface area contributed by atoms with E-state index in [0.29, 0.717) is 18.5 Å². The first-order valence-electron chi connectivity index (χ1n) is 13.0. The first-order valence-corrected chi connectivity index (χ1v) is 13.0. The topological polar surface area (TPSA) is 63.7 Å². The van der Waals surface area contributed by atoms with Gasteiger partial charge in [0, 0.05) is 54.9 Å². The number of nitrogens with zero attached hydrogens (tertiary/aromatic N) is 2. The van der Waals surface area contributed by atoms with E-state index in [0.717, 1.165) is 87.1 Å². The van der Waals surface area contributed by atoms with Crippen LogP contribution in [0.4, 0.5) is 5.69 Å². The van der Waals surface area contributed by atoms with E-state index in [-0.39, 0.29) is 5.91 Å². The van der Waals surface area contributed by atoms with Crippen LogP contribution in [0.15, 0.2) is 36.4 Å². The molecule has 6 heteroatoms. The summed E-state index contributed by atoms with van der Waals surface area (Å²) in [5.41, 5.74) is 6.14. The first kappa shape index (κ1) is 25.2. The van der Waals surface area contributed by atoms with Gasteiger partial charge in [-0.1, -0.05) is 18.2 Å². The molecule has 0 aliphatic carbocycles. The van der Waals surface area contributed by atoms with Crippen LogP contribution in [0.3, 0.4) is 0 Å². The molecule has 35 heavy (non-hydrogen) atoms. The largest absolute Gasteiger partial charge is 0.481 e. The number of ether oxygens (including phenoxy) is 2. The molecule has 6 nitrogen and oxygen atoms in total. The third kappa shape index (κ3) is 6.04. The zero-order valence-electron chi connectivity index (χ0n) is 21.4. The Hall–Kier alpha value is -2.86. The van der Waals surface area contributed by atoms with Crippen molar-refractivity contribution in [2.45, 2.75) is 71.4 Å². The summed E-state index contributed by atoms with van der Waals surface area (Å²) in [6.07, 6.45) is 11.5. The van der Waals surface area contributed by atoms with Crippen molar-refractivity contribution in [1.82, 2.24) is 10.3 Å². The van der Waals surface area contributed by atoms with Gasteiger partial charge in [0.15, 0.2) is 0 Å². The molecule has 0 bridgehead atoms. The minimum atomic E-state index is -0.0519. The van der Waals surface area contributed by atoms with E-state index >= 15 is 0 Å². The maximum Gasteiger partial charge on any atom is 0.251 e. The Bertz CT molecular complexity index is 1040. The number of aromatic nitrogens is 1. The average molecular weight is 478 g/mol. The number of fused-ring (bicyclic) bond motifs is 2. The average Bonchev–Trinajstić information content (AvgIpc) is 2.88. The van der Waals surface area contributed by atoms with Gasteiger partial charge < -0.3 is 19.7 Å². The van der Waals surface area contributed by atoms with Crippen LogP contribution < -0.4 is 15.0 Å². The summed E-state index contributed by atoms with van der Waals surface area (Å²) in [5.74, 6) is 0.557. The molecule has 188 valence electrons. The summed E-state index contributed by atoms with van der Waals surface area (Å²) < 4.78 is 11.2. The van der Waals surface area contributed by atoms with E-state index in [4.69, 9.17) is 9.47 Å². The van der Waals surface area contributed by atoms with Gasteiger partial charge in [-0.15, -0.1) is 0 Å². The second kappa shape index (κ2) is 12.2. The predicted molar refractivity (Wildman–Crippen MR) is 140 cm³/mol. The first-order chi connectivity index (χ1) is 17.1. The zero-order chi connectivity index (χ0) is 24.6. The van der Waals surface area contributed by atoms with Crippen LogP contribution in [-0.2, 0) is 24.1 Å². The number of aryl methyl sites for hydroxylation is 2. The lowest BCUT2D eigenvalue weighted by atomic mass is 9.96. The van der Waals surface area contributed by atoms with Gasteiger partial charge in [-0.2, -0.15) is 0 Å². The van der Waals surface area contributed by atoms with Crippen LogP contribution in [0.2, 0.25) is 0 Å². The minimum absolute atomic E-state index is 0.0519. The molecule has 1 N–H and O–H groups in total. The number of hydrogen-bond donors (Lipinski definition) is 1. The van der Waals surface area contributed by atoms with Crippen molar-refractivity contribution in [3.05, 3.63) is 64.4 Å². The molecular formula is C29H39N3O3. The number of benzene rings is 1. The molecular weight excluding hydrogens is 438 g/mol. The summed E-state index contributed by atoms with van der Waals surface area (Å²) in [7, 11) is 1.65. The second-order valence-corrected chi connectivity index (χ2v) is 9.45. The molecule has 0 radical (unpaired) electrons. The summed E-state index contributed by atoms with van der Waals surface area (Å²) in [6, 6.07) is 8.71. The van der Waals surface area contributed by atoms with Gasteiger partial charge in [0.2, 0.25) is 5.88 Å². The van der Waals surface area contributed by atoms with E-state index in [1.807, 2.05) is 19.1 Å². The third-order valence-electron chi connectivity index (χ3n) is 7.16. The second-order valence-electron chi connectivity index (χ2n) is 9.45. The number of pyridine rings is 1. The van der Waals surface area contributed by atoms with Crippen LogP contribution in [0.25, 0.3) is 0 Å². The highest BCUT2D eigenvalue weighted by molar-refractivity contribution is 5.97. The highest BCUT2D eigenvalue weighted by Gasteiger charge is 2.25. The van der Waals surface area contributed by atoms with E-state index in [1.54, 1.807) is 7.11 Å². The molecule has 2 aliphatic heterocycles. The minimum Gasteiger partial charge on any atom is -0.481 e. The number of amides is 1. The fourth-order valence-electron chi connectivity index (χ4n) is 5.37. The number of carbonyl (C=O) groups is 1. The smallest absolute Gasteiger partial charge is 0.251 e. The molecule has 1 fully saturated rings. The fourth-order valence-corrected chi connectivity index (χ4v) is 5.37. The van der Waals surface area contributed by atoms with Gasteiger partial charge in [-0.05, 0) is 88.1 Å². The van der Waals surface area contributed by atoms with E-state index in [2.05, 4.69) is 46.4 Å². The Morgan fingerprint density at radius 1 is 1.17 bits per heavy atom. The van der Waals surface area contributed by atoms with Gasteiger partial charge in [-0.3, -0.25) is 4.79 Å².